The average Bonchev–Trinajstić information content (AvgIpc) is 2.41. The maximum absolute atomic E-state index is 12.1. The van der Waals surface area contributed by atoms with Gasteiger partial charge in [0.05, 0.1) is 6.04 Å². The van der Waals surface area contributed by atoms with Crippen LogP contribution >= 0.6 is 23.2 Å². The summed E-state index contributed by atoms with van der Waals surface area (Å²) in [7, 11) is 1.48. The summed E-state index contributed by atoms with van der Waals surface area (Å²) in [6, 6.07) is 7.43. The second kappa shape index (κ2) is 6.28. The van der Waals surface area contributed by atoms with Gasteiger partial charge in [-0.2, -0.15) is 5.10 Å². The van der Waals surface area contributed by atoms with Crippen LogP contribution in [0, 0.1) is 0 Å². The molecule has 110 valence electrons. The fraction of sp³-hybridized carbons (Fsp3) is 0.214. The third-order valence-corrected chi connectivity index (χ3v) is 3.53. The van der Waals surface area contributed by atoms with Crippen molar-refractivity contribution in [3.05, 3.63) is 62.0 Å². The molecule has 2 aromatic rings. The molecule has 0 bridgehead atoms. The van der Waals surface area contributed by atoms with Crippen LogP contribution in [0.15, 0.2) is 35.1 Å². The quantitative estimate of drug-likeness (QED) is 0.943. The van der Waals surface area contributed by atoms with Crippen molar-refractivity contribution < 1.29 is 4.79 Å². The first-order valence-corrected chi connectivity index (χ1v) is 6.94. The first kappa shape index (κ1) is 15.5. The van der Waals surface area contributed by atoms with E-state index in [2.05, 4.69) is 10.4 Å². The smallest absolute Gasteiger partial charge is 0.272 e. The normalized spacial score (nSPS) is 12.0. The molecule has 0 spiro atoms. The lowest BCUT2D eigenvalue weighted by molar-refractivity contribution is 0.0932. The van der Waals surface area contributed by atoms with Crippen LogP contribution in [0.4, 0.5) is 0 Å². The first-order valence-electron chi connectivity index (χ1n) is 6.18. The number of aromatic nitrogens is 2. The molecule has 1 amide bonds. The summed E-state index contributed by atoms with van der Waals surface area (Å²) in [5, 5.41) is 7.67. The molecule has 1 atom stereocenters. The Morgan fingerprint density at radius 2 is 2.00 bits per heavy atom. The van der Waals surface area contributed by atoms with Crippen LogP contribution in [-0.4, -0.2) is 15.7 Å². The molecule has 0 saturated heterocycles. The summed E-state index contributed by atoms with van der Waals surface area (Å²) in [6.45, 7) is 1.80. The van der Waals surface area contributed by atoms with E-state index in [-0.39, 0.29) is 23.2 Å². The maximum atomic E-state index is 12.1. The molecule has 1 N–H and O–H groups in total. The van der Waals surface area contributed by atoms with Crippen molar-refractivity contribution in [1.82, 2.24) is 15.1 Å². The Balaban J connectivity index is 2.18. The zero-order valence-corrected chi connectivity index (χ0v) is 12.9. The number of nitrogens with one attached hydrogen (secondary N) is 1. The third kappa shape index (κ3) is 3.62. The van der Waals surface area contributed by atoms with Gasteiger partial charge in [0.25, 0.3) is 11.5 Å². The Morgan fingerprint density at radius 1 is 1.29 bits per heavy atom. The molecule has 1 aromatic heterocycles. The number of halogens is 2. The molecule has 5 nitrogen and oxygen atoms in total. The van der Waals surface area contributed by atoms with E-state index in [1.807, 2.05) is 0 Å². The summed E-state index contributed by atoms with van der Waals surface area (Å²) in [6.07, 6.45) is 0. The summed E-state index contributed by atoms with van der Waals surface area (Å²) in [5.74, 6) is -0.385. The second-order valence-electron chi connectivity index (χ2n) is 4.54. The summed E-state index contributed by atoms with van der Waals surface area (Å²) in [5.41, 5.74) is 0.633. The van der Waals surface area contributed by atoms with Crippen LogP contribution in [-0.2, 0) is 7.05 Å². The van der Waals surface area contributed by atoms with Gasteiger partial charge in [-0.3, -0.25) is 9.59 Å². The van der Waals surface area contributed by atoms with E-state index in [1.54, 1.807) is 25.1 Å². The third-order valence-electron chi connectivity index (χ3n) is 2.97. The molecule has 1 aromatic carbocycles. The van der Waals surface area contributed by atoms with E-state index in [1.165, 1.54) is 19.2 Å². The number of benzene rings is 1. The Labute approximate surface area is 131 Å². The minimum Gasteiger partial charge on any atom is -0.344 e. The van der Waals surface area contributed by atoms with Crippen molar-refractivity contribution in [2.24, 2.45) is 7.05 Å². The van der Waals surface area contributed by atoms with E-state index < -0.39 is 0 Å². The van der Waals surface area contributed by atoms with E-state index in [0.717, 1.165) is 10.2 Å². The number of carbonyl (C=O) groups is 1. The van der Waals surface area contributed by atoms with Crippen LogP contribution < -0.4 is 10.9 Å². The molecule has 0 aliphatic heterocycles. The Bertz CT molecular complexity index is 743. The Kier molecular flexibility index (Phi) is 4.65. The molecular formula is C14H13Cl2N3O2. The summed E-state index contributed by atoms with van der Waals surface area (Å²) >= 11 is 11.9. The van der Waals surface area contributed by atoms with Gasteiger partial charge in [-0.25, -0.2) is 4.68 Å². The van der Waals surface area contributed by atoms with Gasteiger partial charge in [-0.1, -0.05) is 29.3 Å². The monoisotopic (exact) mass is 325 g/mol. The lowest BCUT2D eigenvalue weighted by atomic mass is 10.1. The fourth-order valence-corrected chi connectivity index (χ4v) is 2.40. The Morgan fingerprint density at radius 3 is 2.62 bits per heavy atom. The van der Waals surface area contributed by atoms with Gasteiger partial charge in [0.15, 0.2) is 0 Å². The van der Waals surface area contributed by atoms with Gasteiger partial charge in [-0.15, -0.1) is 0 Å². The second-order valence-corrected chi connectivity index (χ2v) is 5.39. The van der Waals surface area contributed by atoms with Gasteiger partial charge in [-0.05, 0) is 30.7 Å². The molecule has 7 heteroatoms. The van der Waals surface area contributed by atoms with Crippen LogP contribution in [0.5, 0.6) is 0 Å². The predicted molar refractivity (Wildman–Crippen MR) is 81.8 cm³/mol. The van der Waals surface area contributed by atoms with Crippen molar-refractivity contribution in [3.8, 4) is 0 Å². The highest BCUT2D eigenvalue weighted by molar-refractivity contribution is 6.35. The van der Waals surface area contributed by atoms with Crippen molar-refractivity contribution in [1.29, 1.82) is 0 Å². The number of carbonyl (C=O) groups excluding carboxylic acids is 1. The van der Waals surface area contributed by atoms with Crippen LogP contribution in [0.2, 0.25) is 10.0 Å². The number of nitrogens with zero attached hydrogens (tertiary/aromatic N) is 2. The predicted octanol–water partition coefficient (Wildman–Crippen LogP) is 2.58. The average molecular weight is 326 g/mol. The molecule has 1 unspecified atom stereocenters. The molecule has 1 heterocycles. The standard InChI is InChI=1S/C14H13Cl2N3O2/c1-8(10-4-3-9(15)7-11(10)16)17-14(21)12-5-6-13(20)19(2)18-12/h3-8H,1-2H3,(H,17,21). The summed E-state index contributed by atoms with van der Waals surface area (Å²) < 4.78 is 1.11. The van der Waals surface area contributed by atoms with Gasteiger partial charge in [0.1, 0.15) is 5.69 Å². The molecule has 0 aliphatic rings. The van der Waals surface area contributed by atoms with E-state index in [9.17, 15) is 9.59 Å². The SMILES string of the molecule is CC(NC(=O)c1ccc(=O)n(C)n1)c1ccc(Cl)cc1Cl. The van der Waals surface area contributed by atoms with Crippen molar-refractivity contribution >= 4 is 29.1 Å². The van der Waals surface area contributed by atoms with Crippen LogP contribution in [0.3, 0.4) is 0 Å². The zero-order chi connectivity index (χ0) is 15.6. The molecule has 0 saturated carbocycles. The number of aryl methyl sites for hydroxylation is 1. The van der Waals surface area contributed by atoms with E-state index in [4.69, 9.17) is 23.2 Å². The van der Waals surface area contributed by atoms with Crippen molar-refractivity contribution in [3.63, 3.8) is 0 Å². The molecule has 21 heavy (non-hydrogen) atoms. The van der Waals surface area contributed by atoms with E-state index >= 15 is 0 Å². The topological polar surface area (TPSA) is 64.0 Å². The largest absolute Gasteiger partial charge is 0.344 e. The first-order chi connectivity index (χ1) is 9.88. The Hall–Kier alpha value is -1.85. The maximum Gasteiger partial charge on any atom is 0.272 e. The molecule has 0 fully saturated rings. The highest BCUT2D eigenvalue weighted by Gasteiger charge is 2.15. The molecular weight excluding hydrogens is 313 g/mol. The minimum absolute atomic E-state index is 0.161. The molecule has 0 radical (unpaired) electrons. The highest BCUT2D eigenvalue weighted by Crippen LogP contribution is 2.26. The molecule has 0 aliphatic carbocycles. The van der Waals surface area contributed by atoms with Crippen molar-refractivity contribution in [2.75, 3.05) is 0 Å². The van der Waals surface area contributed by atoms with Crippen molar-refractivity contribution in [2.45, 2.75) is 13.0 Å². The molecule has 2 rings (SSSR count). The van der Waals surface area contributed by atoms with Crippen LogP contribution in [0.1, 0.15) is 29.0 Å². The zero-order valence-electron chi connectivity index (χ0n) is 11.4. The van der Waals surface area contributed by atoms with Gasteiger partial charge in [0.2, 0.25) is 0 Å². The summed E-state index contributed by atoms with van der Waals surface area (Å²) in [4.78, 5) is 23.4. The number of hydrogen-bond donors (Lipinski definition) is 1. The fourth-order valence-electron chi connectivity index (χ4n) is 1.82. The number of rotatable bonds is 3. The van der Waals surface area contributed by atoms with Gasteiger partial charge in [0, 0.05) is 23.2 Å². The number of amides is 1. The highest BCUT2D eigenvalue weighted by atomic mass is 35.5. The minimum atomic E-state index is -0.385. The lowest BCUT2D eigenvalue weighted by Gasteiger charge is -2.15. The van der Waals surface area contributed by atoms with Gasteiger partial charge >= 0.3 is 0 Å². The van der Waals surface area contributed by atoms with Crippen LogP contribution in [0.25, 0.3) is 0 Å². The van der Waals surface area contributed by atoms with Gasteiger partial charge < -0.3 is 5.32 Å². The lowest BCUT2D eigenvalue weighted by Crippen LogP contribution is -2.30. The number of hydrogen-bond acceptors (Lipinski definition) is 3. The van der Waals surface area contributed by atoms with E-state index in [0.29, 0.717) is 10.0 Å².